The van der Waals surface area contributed by atoms with E-state index < -0.39 is 0 Å². The zero-order chi connectivity index (χ0) is 24.5. The summed E-state index contributed by atoms with van der Waals surface area (Å²) in [5.41, 5.74) is 9.85. The number of morpholine rings is 1. The highest BCUT2D eigenvalue weighted by Crippen LogP contribution is 2.26. The van der Waals surface area contributed by atoms with E-state index in [0.29, 0.717) is 5.82 Å². The number of methoxy groups -OCH3 is 1. The number of primary amides is 1. The van der Waals surface area contributed by atoms with E-state index in [9.17, 15) is 0 Å². The van der Waals surface area contributed by atoms with Crippen molar-refractivity contribution >= 4 is 6.41 Å². The molecular formula is C27H29N5O3. The first kappa shape index (κ1) is 24.1. The van der Waals surface area contributed by atoms with Gasteiger partial charge in [0.25, 0.3) is 0 Å². The van der Waals surface area contributed by atoms with Gasteiger partial charge in [-0.15, -0.1) is 0 Å². The van der Waals surface area contributed by atoms with Gasteiger partial charge in [-0.05, 0) is 47.0 Å². The Labute approximate surface area is 204 Å². The second-order valence-electron chi connectivity index (χ2n) is 8.04. The Morgan fingerprint density at radius 3 is 2.31 bits per heavy atom. The van der Waals surface area contributed by atoms with Crippen molar-refractivity contribution in [3.8, 4) is 39.7 Å². The molecule has 0 aliphatic carbocycles. The van der Waals surface area contributed by atoms with Crippen LogP contribution in [0.15, 0.2) is 72.8 Å². The molecule has 0 bridgehead atoms. The molecule has 4 aromatic rings. The minimum absolute atomic E-state index is 0.250. The SMILES string of the molecule is COc1ccc(-c2n[nH]c(-c3ccc(-c4cccc(CN5CCOCC5)c4)cc3)n2)cc1.NC=O. The van der Waals surface area contributed by atoms with Crippen LogP contribution in [-0.4, -0.2) is 59.9 Å². The molecule has 1 amide bonds. The summed E-state index contributed by atoms with van der Waals surface area (Å²) in [6.45, 7) is 4.59. The fraction of sp³-hybridized carbons (Fsp3) is 0.222. The van der Waals surface area contributed by atoms with Crippen molar-refractivity contribution in [2.24, 2.45) is 5.73 Å². The van der Waals surface area contributed by atoms with Gasteiger partial charge in [-0.3, -0.25) is 14.8 Å². The van der Waals surface area contributed by atoms with Crippen LogP contribution < -0.4 is 10.5 Å². The third-order valence-electron chi connectivity index (χ3n) is 5.76. The fourth-order valence-corrected chi connectivity index (χ4v) is 3.95. The molecule has 8 heteroatoms. The number of aromatic amines is 1. The number of hydrogen-bond acceptors (Lipinski definition) is 6. The molecule has 0 saturated carbocycles. The average molecular weight is 472 g/mol. The molecule has 0 unspecified atom stereocenters. The van der Waals surface area contributed by atoms with E-state index >= 15 is 0 Å². The van der Waals surface area contributed by atoms with Gasteiger partial charge < -0.3 is 15.2 Å². The number of nitrogens with two attached hydrogens (primary N) is 1. The minimum Gasteiger partial charge on any atom is -0.497 e. The predicted molar refractivity (Wildman–Crippen MR) is 136 cm³/mol. The lowest BCUT2D eigenvalue weighted by molar-refractivity contribution is -0.106. The largest absolute Gasteiger partial charge is 0.497 e. The Balaban J connectivity index is 0.000000917. The average Bonchev–Trinajstić information content (AvgIpc) is 3.41. The van der Waals surface area contributed by atoms with Gasteiger partial charge in [-0.2, -0.15) is 5.10 Å². The summed E-state index contributed by atoms with van der Waals surface area (Å²) in [6, 6.07) is 25.0. The van der Waals surface area contributed by atoms with E-state index in [4.69, 9.17) is 14.3 Å². The summed E-state index contributed by atoms with van der Waals surface area (Å²) in [5, 5.41) is 7.43. The molecular weight excluding hydrogens is 442 g/mol. The van der Waals surface area contributed by atoms with Crippen LogP contribution in [0, 0.1) is 0 Å². The van der Waals surface area contributed by atoms with Gasteiger partial charge in [-0.25, -0.2) is 4.98 Å². The predicted octanol–water partition coefficient (Wildman–Crippen LogP) is 3.75. The van der Waals surface area contributed by atoms with Crippen molar-refractivity contribution in [2.75, 3.05) is 33.4 Å². The molecule has 0 atom stereocenters. The van der Waals surface area contributed by atoms with Crippen molar-refractivity contribution in [1.29, 1.82) is 0 Å². The lowest BCUT2D eigenvalue weighted by Crippen LogP contribution is -2.35. The van der Waals surface area contributed by atoms with Gasteiger partial charge in [0.2, 0.25) is 6.41 Å². The standard InChI is InChI=1S/C26H26N4O2.CH3NO/c1-31-24-11-9-22(10-12-24)26-27-25(28-29-26)21-7-5-20(6-8-21)23-4-2-3-19(17-23)18-30-13-15-32-16-14-30;2-1-3/h2-12,17H,13-16,18H2,1H3,(H,27,28,29);1H,(H2,2,3). The number of benzene rings is 3. The van der Waals surface area contributed by atoms with Crippen LogP contribution in [0.3, 0.4) is 0 Å². The maximum absolute atomic E-state index is 8.58. The van der Waals surface area contributed by atoms with Gasteiger partial charge in [0.05, 0.1) is 20.3 Å². The molecule has 180 valence electrons. The Hall–Kier alpha value is -4.01. The smallest absolute Gasteiger partial charge is 0.204 e. The monoisotopic (exact) mass is 471 g/mol. The maximum Gasteiger partial charge on any atom is 0.204 e. The van der Waals surface area contributed by atoms with Crippen molar-refractivity contribution in [1.82, 2.24) is 20.1 Å². The minimum atomic E-state index is 0.250. The molecule has 0 spiro atoms. The molecule has 2 heterocycles. The number of carbonyl (C=O) groups excluding carboxylic acids is 1. The van der Waals surface area contributed by atoms with Gasteiger partial charge in [-0.1, -0.05) is 42.5 Å². The Morgan fingerprint density at radius 1 is 0.971 bits per heavy atom. The number of rotatable bonds is 6. The van der Waals surface area contributed by atoms with Crippen molar-refractivity contribution in [3.63, 3.8) is 0 Å². The number of ether oxygens (including phenoxy) is 2. The zero-order valence-corrected chi connectivity index (χ0v) is 19.7. The van der Waals surface area contributed by atoms with Crippen LogP contribution in [0.1, 0.15) is 5.56 Å². The van der Waals surface area contributed by atoms with E-state index in [-0.39, 0.29) is 6.41 Å². The number of carbonyl (C=O) groups is 1. The first-order valence-corrected chi connectivity index (χ1v) is 11.4. The zero-order valence-electron chi connectivity index (χ0n) is 19.7. The van der Waals surface area contributed by atoms with Crippen LogP contribution in [-0.2, 0) is 16.1 Å². The molecule has 3 N–H and O–H groups in total. The highest BCUT2D eigenvalue weighted by Gasteiger charge is 2.12. The van der Waals surface area contributed by atoms with E-state index in [1.165, 1.54) is 16.7 Å². The first-order valence-electron chi connectivity index (χ1n) is 11.4. The summed E-state index contributed by atoms with van der Waals surface area (Å²) in [6.07, 6.45) is 0.250. The molecule has 3 aromatic carbocycles. The number of nitrogens with one attached hydrogen (secondary N) is 1. The van der Waals surface area contributed by atoms with Gasteiger partial charge in [0, 0.05) is 30.8 Å². The van der Waals surface area contributed by atoms with E-state index in [2.05, 4.69) is 74.3 Å². The van der Waals surface area contributed by atoms with Crippen LogP contribution in [0.2, 0.25) is 0 Å². The van der Waals surface area contributed by atoms with Gasteiger partial charge >= 0.3 is 0 Å². The summed E-state index contributed by atoms with van der Waals surface area (Å²) in [5.74, 6) is 2.24. The third kappa shape index (κ3) is 6.32. The van der Waals surface area contributed by atoms with Crippen LogP contribution in [0.4, 0.5) is 0 Å². The van der Waals surface area contributed by atoms with E-state index in [0.717, 1.165) is 55.5 Å². The molecule has 35 heavy (non-hydrogen) atoms. The first-order chi connectivity index (χ1) is 17.2. The number of aromatic nitrogens is 3. The lowest BCUT2D eigenvalue weighted by Gasteiger charge is -2.26. The maximum atomic E-state index is 8.58. The van der Waals surface area contributed by atoms with E-state index in [1.54, 1.807) is 7.11 Å². The summed E-state index contributed by atoms with van der Waals surface area (Å²) >= 11 is 0. The van der Waals surface area contributed by atoms with E-state index in [1.807, 2.05) is 24.3 Å². The Kier molecular flexibility index (Phi) is 8.21. The van der Waals surface area contributed by atoms with Crippen molar-refractivity contribution in [2.45, 2.75) is 6.54 Å². The molecule has 5 rings (SSSR count). The molecule has 8 nitrogen and oxygen atoms in total. The fourth-order valence-electron chi connectivity index (χ4n) is 3.95. The quantitative estimate of drug-likeness (QED) is 0.415. The number of amides is 1. The highest BCUT2D eigenvalue weighted by molar-refractivity contribution is 5.69. The Morgan fingerprint density at radius 2 is 1.63 bits per heavy atom. The number of nitrogens with zero attached hydrogens (tertiary/aromatic N) is 3. The lowest BCUT2D eigenvalue weighted by atomic mass is 10.0. The molecule has 1 saturated heterocycles. The molecule has 0 radical (unpaired) electrons. The number of hydrogen-bond donors (Lipinski definition) is 2. The van der Waals surface area contributed by atoms with Crippen LogP contribution in [0.25, 0.3) is 33.9 Å². The summed E-state index contributed by atoms with van der Waals surface area (Å²) in [7, 11) is 1.66. The molecule has 1 aliphatic rings. The molecule has 1 aromatic heterocycles. The van der Waals surface area contributed by atoms with Crippen LogP contribution >= 0.6 is 0 Å². The van der Waals surface area contributed by atoms with Crippen molar-refractivity contribution < 1.29 is 14.3 Å². The van der Waals surface area contributed by atoms with Crippen LogP contribution in [0.5, 0.6) is 5.75 Å². The van der Waals surface area contributed by atoms with Gasteiger partial charge in [0.1, 0.15) is 5.75 Å². The molecule has 1 aliphatic heterocycles. The highest BCUT2D eigenvalue weighted by atomic mass is 16.5. The second-order valence-corrected chi connectivity index (χ2v) is 8.04. The van der Waals surface area contributed by atoms with Crippen molar-refractivity contribution in [3.05, 3.63) is 78.4 Å². The topological polar surface area (TPSA) is 106 Å². The normalized spacial score (nSPS) is 13.5. The van der Waals surface area contributed by atoms with Gasteiger partial charge in [0.15, 0.2) is 11.6 Å². The summed E-state index contributed by atoms with van der Waals surface area (Å²) in [4.78, 5) is 15.7. The summed E-state index contributed by atoms with van der Waals surface area (Å²) < 4.78 is 10.7. The second kappa shape index (κ2) is 11.9. The number of H-pyrrole nitrogens is 1. The Bertz CT molecular complexity index is 1220. The molecule has 1 fully saturated rings. The third-order valence-corrected chi connectivity index (χ3v) is 5.76.